The van der Waals surface area contributed by atoms with Crippen molar-refractivity contribution >= 4 is 10.5 Å². The predicted molar refractivity (Wildman–Crippen MR) is 49.1 cm³/mol. The molecule has 0 amide bonds. The molecule has 0 saturated carbocycles. The Morgan fingerprint density at radius 2 is 1.75 bits per heavy atom. The zero-order chi connectivity index (χ0) is 9.61. The van der Waals surface area contributed by atoms with Gasteiger partial charge >= 0.3 is 0 Å². The van der Waals surface area contributed by atoms with Crippen LogP contribution in [0.15, 0.2) is 0 Å². The highest BCUT2D eigenvalue weighted by molar-refractivity contribution is 5.98. The SMILES string of the molecule is COCC(OC)(OC)C(C)O[SiH3]. The van der Waals surface area contributed by atoms with E-state index in [2.05, 4.69) is 0 Å². The van der Waals surface area contributed by atoms with Crippen LogP contribution in [0.3, 0.4) is 0 Å². The monoisotopic (exact) mass is 194 g/mol. The lowest BCUT2D eigenvalue weighted by Gasteiger charge is -2.34. The molecule has 0 aromatic carbocycles. The van der Waals surface area contributed by atoms with Gasteiger partial charge in [0.15, 0.2) is 0 Å². The van der Waals surface area contributed by atoms with E-state index >= 15 is 0 Å². The highest BCUT2D eigenvalue weighted by Gasteiger charge is 2.36. The fourth-order valence-corrected chi connectivity index (χ4v) is 1.39. The fourth-order valence-electron chi connectivity index (χ4n) is 1.03. The molecule has 0 rings (SSSR count). The van der Waals surface area contributed by atoms with E-state index < -0.39 is 5.79 Å². The molecular formula is C7H18O4Si. The topological polar surface area (TPSA) is 36.9 Å². The highest BCUT2D eigenvalue weighted by atomic mass is 28.2. The first-order chi connectivity index (χ1) is 5.66. The molecule has 0 aliphatic rings. The van der Waals surface area contributed by atoms with E-state index in [4.69, 9.17) is 18.6 Å². The van der Waals surface area contributed by atoms with Crippen molar-refractivity contribution in [2.45, 2.75) is 18.8 Å². The van der Waals surface area contributed by atoms with Gasteiger partial charge in [-0.25, -0.2) is 0 Å². The molecule has 74 valence electrons. The molecule has 0 fully saturated rings. The molecule has 0 N–H and O–H groups in total. The van der Waals surface area contributed by atoms with Crippen molar-refractivity contribution in [1.82, 2.24) is 0 Å². The van der Waals surface area contributed by atoms with Gasteiger partial charge in [0.25, 0.3) is 0 Å². The summed E-state index contributed by atoms with van der Waals surface area (Å²) in [5.74, 6) is -0.767. The third-order valence-electron chi connectivity index (χ3n) is 2.01. The summed E-state index contributed by atoms with van der Waals surface area (Å²) in [6.07, 6.45) is -0.112. The van der Waals surface area contributed by atoms with Crippen LogP contribution in [0.4, 0.5) is 0 Å². The van der Waals surface area contributed by atoms with Gasteiger partial charge in [-0.3, -0.25) is 0 Å². The molecule has 0 aromatic heterocycles. The third kappa shape index (κ3) is 2.53. The Morgan fingerprint density at radius 1 is 1.25 bits per heavy atom. The largest absolute Gasteiger partial charge is 0.420 e. The molecule has 0 spiro atoms. The Bertz CT molecular complexity index is 116. The van der Waals surface area contributed by atoms with Crippen molar-refractivity contribution < 1.29 is 18.6 Å². The van der Waals surface area contributed by atoms with Gasteiger partial charge in [-0.1, -0.05) is 0 Å². The minimum absolute atomic E-state index is 0.112. The summed E-state index contributed by atoms with van der Waals surface area (Å²) in [7, 11) is 5.42. The van der Waals surface area contributed by atoms with Gasteiger partial charge in [0, 0.05) is 21.3 Å². The smallest absolute Gasteiger partial charge is 0.216 e. The summed E-state index contributed by atoms with van der Waals surface area (Å²) in [5.41, 5.74) is 0. The van der Waals surface area contributed by atoms with Crippen LogP contribution >= 0.6 is 0 Å². The molecule has 4 nitrogen and oxygen atoms in total. The van der Waals surface area contributed by atoms with Crippen molar-refractivity contribution in [3.05, 3.63) is 0 Å². The minimum Gasteiger partial charge on any atom is -0.420 e. The van der Waals surface area contributed by atoms with Crippen LogP contribution in [0, 0.1) is 0 Å². The zero-order valence-electron chi connectivity index (χ0n) is 8.42. The number of hydrogen-bond donors (Lipinski definition) is 0. The van der Waals surface area contributed by atoms with Gasteiger partial charge in [0.2, 0.25) is 5.79 Å². The average Bonchev–Trinajstić information content (AvgIpc) is 2.13. The molecule has 0 radical (unpaired) electrons. The number of rotatable bonds is 6. The minimum atomic E-state index is -0.767. The second kappa shape index (κ2) is 5.66. The van der Waals surface area contributed by atoms with Gasteiger partial charge in [0.05, 0.1) is 6.10 Å². The van der Waals surface area contributed by atoms with Gasteiger partial charge in [-0.2, -0.15) is 0 Å². The Balaban J connectivity index is 4.33. The van der Waals surface area contributed by atoms with Crippen molar-refractivity contribution in [3.8, 4) is 0 Å². The van der Waals surface area contributed by atoms with Crippen LogP contribution in [0.1, 0.15) is 6.92 Å². The van der Waals surface area contributed by atoms with Crippen LogP contribution in [-0.4, -0.2) is 50.3 Å². The third-order valence-corrected chi connectivity index (χ3v) is 2.72. The van der Waals surface area contributed by atoms with E-state index in [1.165, 1.54) is 0 Å². The van der Waals surface area contributed by atoms with E-state index in [-0.39, 0.29) is 6.10 Å². The maximum absolute atomic E-state index is 5.26. The molecule has 0 aliphatic heterocycles. The first-order valence-electron chi connectivity index (χ1n) is 3.79. The number of ether oxygens (including phenoxy) is 3. The molecule has 1 unspecified atom stereocenters. The Labute approximate surface area is 76.7 Å². The summed E-state index contributed by atoms with van der Waals surface area (Å²) in [6.45, 7) is 2.27. The molecule has 0 aliphatic carbocycles. The molecule has 5 heteroatoms. The summed E-state index contributed by atoms with van der Waals surface area (Å²) in [6, 6.07) is 0. The summed E-state index contributed by atoms with van der Waals surface area (Å²) < 4.78 is 20.7. The second-order valence-corrected chi connectivity index (χ2v) is 3.00. The quantitative estimate of drug-likeness (QED) is 0.414. The molecule has 12 heavy (non-hydrogen) atoms. The Morgan fingerprint density at radius 3 is 2.00 bits per heavy atom. The molecule has 0 aromatic rings. The normalized spacial score (nSPS) is 15.0. The molecule has 0 bridgehead atoms. The molecule has 0 heterocycles. The molecule has 0 saturated heterocycles. The Kier molecular flexibility index (Phi) is 5.69. The van der Waals surface area contributed by atoms with Crippen molar-refractivity contribution in [2.24, 2.45) is 0 Å². The van der Waals surface area contributed by atoms with Crippen LogP contribution in [0.2, 0.25) is 0 Å². The maximum Gasteiger partial charge on any atom is 0.216 e. The van der Waals surface area contributed by atoms with Gasteiger partial charge in [-0.05, 0) is 6.92 Å². The average molecular weight is 194 g/mol. The molecule has 1 atom stereocenters. The first kappa shape index (κ1) is 12.1. The number of hydrogen-bond acceptors (Lipinski definition) is 4. The van der Waals surface area contributed by atoms with Gasteiger partial charge in [-0.15, -0.1) is 0 Å². The van der Waals surface area contributed by atoms with E-state index in [0.29, 0.717) is 17.1 Å². The second-order valence-electron chi connectivity index (χ2n) is 2.53. The van der Waals surface area contributed by atoms with E-state index in [9.17, 15) is 0 Å². The molecular weight excluding hydrogens is 176 g/mol. The van der Waals surface area contributed by atoms with E-state index in [1.54, 1.807) is 21.3 Å². The maximum atomic E-state index is 5.26. The van der Waals surface area contributed by atoms with E-state index in [0.717, 1.165) is 0 Å². The predicted octanol–water partition coefficient (Wildman–Crippen LogP) is -0.693. The summed E-state index contributed by atoms with van der Waals surface area (Å²) in [5, 5.41) is 0. The first-order valence-corrected chi connectivity index (χ1v) is 4.60. The zero-order valence-corrected chi connectivity index (χ0v) is 10.4. The van der Waals surface area contributed by atoms with Gasteiger partial charge < -0.3 is 18.6 Å². The standard InChI is InChI=1S/C7H18O4Si/c1-6(11-12)7(9-3,10-4)5-8-2/h6H,5H2,1-4,12H3. The van der Waals surface area contributed by atoms with Crippen molar-refractivity contribution in [1.29, 1.82) is 0 Å². The van der Waals surface area contributed by atoms with Crippen molar-refractivity contribution in [2.75, 3.05) is 27.9 Å². The number of methoxy groups -OCH3 is 3. The van der Waals surface area contributed by atoms with Crippen molar-refractivity contribution in [3.63, 3.8) is 0 Å². The van der Waals surface area contributed by atoms with Crippen LogP contribution in [-0.2, 0) is 18.6 Å². The van der Waals surface area contributed by atoms with Gasteiger partial charge in [0.1, 0.15) is 17.1 Å². The van der Waals surface area contributed by atoms with Crippen LogP contribution in [0.25, 0.3) is 0 Å². The summed E-state index contributed by atoms with van der Waals surface area (Å²) in [4.78, 5) is 0. The fraction of sp³-hybridized carbons (Fsp3) is 1.00. The highest BCUT2D eigenvalue weighted by Crippen LogP contribution is 2.18. The lowest BCUT2D eigenvalue weighted by atomic mass is 10.2. The lowest BCUT2D eigenvalue weighted by Crippen LogP contribution is -2.49. The summed E-state index contributed by atoms with van der Waals surface area (Å²) >= 11 is 0. The van der Waals surface area contributed by atoms with Crippen LogP contribution < -0.4 is 0 Å². The Hall–Kier alpha value is 0.0569. The van der Waals surface area contributed by atoms with E-state index in [1.807, 2.05) is 6.92 Å². The van der Waals surface area contributed by atoms with Crippen LogP contribution in [0.5, 0.6) is 0 Å². The lowest BCUT2D eigenvalue weighted by molar-refractivity contribution is -0.268.